The number of hydrogen-bond donors (Lipinski definition) is 1. The zero-order chi connectivity index (χ0) is 17.2. The van der Waals surface area contributed by atoms with Crippen LogP contribution in [0.5, 0.6) is 0 Å². The Bertz CT molecular complexity index is 741. The average Bonchev–Trinajstić information content (AvgIpc) is 3.32. The summed E-state index contributed by atoms with van der Waals surface area (Å²) in [6.07, 6.45) is 7.18. The number of carbonyl (C=O) groups excluding carboxylic acids is 1. The van der Waals surface area contributed by atoms with E-state index >= 15 is 0 Å². The number of primary amides is 1. The van der Waals surface area contributed by atoms with Crippen LogP contribution in [0.3, 0.4) is 0 Å². The number of nitrogens with zero attached hydrogens (tertiary/aromatic N) is 3. The third-order valence-corrected chi connectivity index (χ3v) is 5.30. The highest BCUT2D eigenvalue weighted by Gasteiger charge is 2.28. The second-order valence-corrected chi connectivity index (χ2v) is 7.03. The first-order chi connectivity index (χ1) is 12.2. The van der Waals surface area contributed by atoms with Crippen LogP contribution in [0.2, 0.25) is 0 Å². The Morgan fingerprint density at radius 1 is 1.12 bits per heavy atom. The number of ether oxygens (including phenoxy) is 1. The molecule has 6 heteroatoms. The van der Waals surface area contributed by atoms with Crippen molar-refractivity contribution in [2.45, 2.75) is 50.5 Å². The maximum Gasteiger partial charge on any atom is 0.248 e. The lowest BCUT2D eigenvalue weighted by Crippen LogP contribution is -2.19. The van der Waals surface area contributed by atoms with Gasteiger partial charge in [0.1, 0.15) is 5.82 Å². The molecule has 2 heterocycles. The van der Waals surface area contributed by atoms with Gasteiger partial charge in [-0.15, -0.1) is 0 Å². The van der Waals surface area contributed by atoms with Crippen LogP contribution in [0.15, 0.2) is 24.3 Å². The van der Waals surface area contributed by atoms with Gasteiger partial charge >= 0.3 is 0 Å². The van der Waals surface area contributed by atoms with Crippen LogP contribution in [0, 0.1) is 0 Å². The lowest BCUT2D eigenvalue weighted by molar-refractivity contribution is 0.100. The second-order valence-electron chi connectivity index (χ2n) is 7.03. The van der Waals surface area contributed by atoms with Crippen LogP contribution in [-0.2, 0) is 4.74 Å². The average molecular weight is 340 g/mol. The summed E-state index contributed by atoms with van der Waals surface area (Å²) in [7, 11) is 0. The van der Waals surface area contributed by atoms with Gasteiger partial charge < -0.3 is 10.5 Å². The molecule has 1 saturated carbocycles. The smallest absolute Gasteiger partial charge is 0.248 e. The minimum absolute atomic E-state index is 0.327. The number of hydrogen-bond acceptors (Lipinski definition) is 4. The molecule has 0 bridgehead atoms. The third kappa shape index (κ3) is 3.31. The van der Waals surface area contributed by atoms with E-state index in [1.165, 1.54) is 32.1 Å². The standard InChI is InChI=1S/C19H24N4O2/c20-17(24)13-6-8-14(9-7-13)18-21-19(15-10-11-25-12-15)23(22-18)16-4-2-1-3-5-16/h6-9,15-16H,1-5,10-12H2,(H2,20,24)/t15-/m0/s1. The largest absolute Gasteiger partial charge is 0.381 e. The Labute approximate surface area is 147 Å². The molecule has 0 spiro atoms. The Hall–Kier alpha value is -2.21. The lowest BCUT2D eigenvalue weighted by atomic mass is 9.95. The number of aromatic nitrogens is 3. The van der Waals surface area contributed by atoms with Gasteiger partial charge in [0, 0.05) is 23.7 Å². The van der Waals surface area contributed by atoms with Crippen LogP contribution in [-0.4, -0.2) is 33.9 Å². The van der Waals surface area contributed by atoms with Gasteiger partial charge in [-0.25, -0.2) is 9.67 Å². The van der Waals surface area contributed by atoms with E-state index in [4.69, 9.17) is 20.6 Å². The Morgan fingerprint density at radius 3 is 2.52 bits per heavy atom. The van der Waals surface area contributed by atoms with Crippen LogP contribution in [0.25, 0.3) is 11.4 Å². The Balaban J connectivity index is 1.69. The SMILES string of the molecule is NC(=O)c1ccc(-c2nc([C@H]3CCOC3)n(C3CCCCC3)n2)cc1. The van der Waals surface area contributed by atoms with Crippen molar-refractivity contribution in [3.63, 3.8) is 0 Å². The quantitative estimate of drug-likeness (QED) is 0.927. The van der Waals surface area contributed by atoms with Crippen LogP contribution in [0.4, 0.5) is 0 Å². The summed E-state index contributed by atoms with van der Waals surface area (Å²) in [4.78, 5) is 16.1. The van der Waals surface area contributed by atoms with Gasteiger partial charge in [-0.05, 0) is 31.4 Å². The first-order valence-corrected chi connectivity index (χ1v) is 9.17. The molecule has 132 valence electrons. The molecule has 1 aromatic carbocycles. The van der Waals surface area contributed by atoms with Crippen molar-refractivity contribution < 1.29 is 9.53 Å². The van der Waals surface area contributed by atoms with Crippen molar-refractivity contribution >= 4 is 5.91 Å². The highest BCUT2D eigenvalue weighted by molar-refractivity contribution is 5.93. The summed E-state index contributed by atoms with van der Waals surface area (Å²) in [6, 6.07) is 7.65. The van der Waals surface area contributed by atoms with Gasteiger partial charge in [0.05, 0.1) is 12.6 Å². The van der Waals surface area contributed by atoms with Crippen molar-refractivity contribution in [3.05, 3.63) is 35.7 Å². The topological polar surface area (TPSA) is 83.0 Å². The molecule has 2 fully saturated rings. The van der Waals surface area contributed by atoms with Gasteiger partial charge in [-0.3, -0.25) is 4.79 Å². The van der Waals surface area contributed by atoms with E-state index in [2.05, 4.69) is 4.68 Å². The molecule has 0 radical (unpaired) electrons. The molecule has 1 atom stereocenters. The van der Waals surface area contributed by atoms with Gasteiger partial charge in [0.2, 0.25) is 5.91 Å². The maximum atomic E-state index is 11.3. The highest BCUT2D eigenvalue weighted by Crippen LogP contribution is 2.33. The van der Waals surface area contributed by atoms with Gasteiger partial charge in [0.25, 0.3) is 0 Å². The minimum Gasteiger partial charge on any atom is -0.381 e. The van der Waals surface area contributed by atoms with Crippen LogP contribution in [0.1, 0.15) is 66.7 Å². The Kier molecular flexibility index (Phi) is 4.53. The fourth-order valence-electron chi connectivity index (χ4n) is 3.85. The maximum absolute atomic E-state index is 11.3. The summed E-state index contributed by atoms with van der Waals surface area (Å²) in [5.41, 5.74) is 6.74. The van der Waals surface area contributed by atoms with E-state index in [-0.39, 0.29) is 0 Å². The van der Waals surface area contributed by atoms with E-state index in [9.17, 15) is 4.79 Å². The molecule has 2 N–H and O–H groups in total. The second kappa shape index (κ2) is 6.96. The van der Waals surface area contributed by atoms with Gasteiger partial charge in [0.15, 0.2) is 5.82 Å². The van der Waals surface area contributed by atoms with E-state index in [0.717, 1.165) is 36.8 Å². The summed E-state index contributed by atoms with van der Waals surface area (Å²) in [6.45, 7) is 1.52. The third-order valence-electron chi connectivity index (χ3n) is 5.30. The molecule has 1 saturated heterocycles. The molecule has 1 amide bonds. The number of carbonyl (C=O) groups is 1. The van der Waals surface area contributed by atoms with Crippen molar-refractivity contribution in [2.24, 2.45) is 5.73 Å². The van der Waals surface area contributed by atoms with Gasteiger partial charge in [-0.1, -0.05) is 31.4 Å². The summed E-state index contributed by atoms with van der Waals surface area (Å²) >= 11 is 0. The van der Waals surface area contributed by atoms with Crippen molar-refractivity contribution in [1.29, 1.82) is 0 Å². The molecule has 25 heavy (non-hydrogen) atoms. The van der Waals surface area contributed by atoms with Gasteiger partial charge in [-0.2, -0.15) is 5.10 Å². The zero-order valence-electron chi connectivity index (χ0n) is 14.4. The van der Waals surface area contributed by atoms with Crippen LogP contribution >= 0.6 is 0 Å². The molecule has 2 aromatic rings. The molecule has 4 rings (SSSR count). The van der Waals surface area contributed by atoms with E-state index in [1.54, 1.807) is 12.1 Å². The number of nitrogens with two attached hydrogens (primary N) is 1. The van der Waals surface area contributed by atoms with Crippen LogP contribution < -0.4 is 5.73 Å². The number of benzene rings is 1. The number of amides is 1. The molecular formula is C19H24N4O2. The van der Waals surface area contributed by atoms with E-state index in [1.807, 2.05) is 12.1 Å². The molecule has 2 aliphatic rings. The van der Waals surface area contributed by atoms with E-state index in [0.29, 0.717) is 17.5 Å². The molecule has 1 aromatic heterocycles. The minimum atomic E-state index is -0.420. The highest BCUT2D eigenvalue weighted by atomic mass is 16.5. The molecular weight excluding hydrogens is 316 g/mol. The molecule has 6 nitrogen and oxygen atoms in total. The fourth-order valence-corrected chi connectivity index (χ4v) is 3.85. The van der Waals surface area contributed by atoms with E-state index < -0.39 is 5.91 Å². The normalized spacial score (nSPS) is 21.5. The predicted octanol–water partition coefficient (Wildman–Crippen LogP) is 3.05. The number of rotatable bonds is 4. The fraction of sp³-hybridized carbons (Fsp3) is 0.526. The Morgan fingerprint density at radius 2 is 1.88 bits per heavy atom. The molecule has 1 aliphatic heterocycles. The van der Waals surface area contributed by atoms with Crippen molar-refractivity contribution in [1.82, 2.24) is 14.8 Å². The molecule has 1 aliphatic carbocycles. The summed E-state index contributed by atoms with van der Waals surface area (Å²) in [5, 5.41) is 4.86. The van der Waals surface area contributed by atoms with Crippen molar-refractivity contribution in [3.8, 4) is 11.4 Å². The van der Waals surface area contributed by atoms with Crippen molar-refractivity contribution in [2.75, 3.05) is 13.2 Å². The first kappa shape index (κ1) is 16.3. The summed E-state index contributed by atoms with van der Waals surface area (Å²) < 4.78 is 7.74. The monoisotopic (exact) mass is 340 g/mol. The summed E-state index contributed by atoms with van der Waals surface area (Å²) in [5.74, 6) is 1.69. The lowest BCUT2D eigenvalue weighted by Gasteiger charge is -2.24. The zero-order valence-corrected chi connectivity index (χ0v) is 14.4. The first-order valence-electron chi connectivity index (χ1n) is 9.17. The molecule has 0 unspecified atom stereocenters. The predicted molar refractivity (Wildman–Crippen MR) is 94.3 cm³/mol.